The quantitative estimate of drug-likeness (QED) is 0.528. The van der Waals surface area contributed by atoms with Crippen LogP contribution in [0, 0.1) is 17.3 Å². The van der Waals surface area contributed by atoms with Gasteiger partial charge in [0.2, 0.25) is 0 Å². The molecule has 0 aromatic rings. The second-order valence-electron chi connectivity index (χ2n) is 5.54. The molecule has 1 saturated carbocycles. The van der Waals surface area contributed by atoms with Crippen molar-refractivity contribution in [3.05, 3.63) is 24.8 Å². The summed E-state index contributed by atoms with van der Waals surface area (Å²) < 4.78 is 5.37. The Morgan fingerprint density at radius 1 is 1.62 bits per heavy atom. The van der Waals surface area contributed by atoms with E-state index in [4.69, 9.17) is 4.74 Å². The van der Waals surface area contributed by atoms with Gasteiger partial charge in [-0.05, 0) is 31.1 Å². The largest absolute Gasteiger partial charge is 0.462 e. The van der Waals surface area contributed by atoms with Crippen LogP contribution >= 0.6 is 0 Å². The van der Waals surface area contributed by atoms with Gasteiger partial charge in [0.25, 0.3) is 0 Å². The minimum Gasteiger partial charge on any atom is -0.462 e. The highest BCUT2D eigenvalue weighted by Gasteiger charge is 2.48. The van der Waals surface area contributed by atoms with Gasteiger partial charge >= 0.3 is 5.97 Å². The highest BCUT2D eigenvalue weighted by molar-refractivity contribution is 5.72. The molecule has 1 saturated heterocycles. The van der Waals surface area contributed by atoms with E-state index in [1.54, 1.807) is 0 Å². The molecule has 0 spiro atoms. The molecule has 2 rings (SSSR count). The molecule has 2 heteroatoms. The summed E-state index contributed by atoms with van der Waals surface area (Å²) in [4.78, 5) is 11.3. The Morgan fingerprint density at radius 2 is 2.31 bits per heavy atom. The van der Waals surface area contributed by atoms with Crippen LogP contribution < -0.4 is 0 Å². The number of rotatable bonds is 2. The van der Waals surface area contributed by atoms with Gasteiger partial charge in [-0.25, -0.2) is 0 Å². The molecule has 88 valence electrons. The zero-order valence-corrected chi connectivity index (χ0v) is 10.2. The van der Waals surface area contributed by atoms with Crippen LogP contribution in [0.2, 0.25) is 0 Å². The van der Waals surface area contributed by atoms with Crippen molar-refractivity contribution < 1.29 is 9.53 Å². The number of esters is 1. The summed E-state index contributed by atoms with van der Waals surface area (Å²) >= 11 is 0. The van der Waals surface area contributed by atoms with Crippen LogP contribution in [0.3, 0.4) is 0 Å². The molecule has 2 aliphatic rings. The van der Waals surface area contributed by atoms with Crippen LogP contribution in [0.5, 0.6) is 0 Å². The number of hydrogen-bond donors (Lipinski definition) is 0. The molecule has 0 bridgehead atoms. The third-order valence-corrected chi connectivity index (χ3v) is 4.27. The third-order valence-electron chi connectivity index (χ3n) is 4.27. The standard InChI is InChI=1S/C14H20O2/c1-5-14(4)8-12-10(7-13(15)16-12)6-11(14)9(2)3/h5,10-12H,1-2,6-8H2,3-4H3/t10-,11+,12-,14-/m1/s1. The maximum absolute atomic E-state index is 11.3. The zero-order valence-electron chi connectivity index (χ0n) is 10.2. The van der Waals surface area contributed by atoms with Gasteiger partial charge in [-0.1, -0.05) is 25.2 Å². The number of fused-ring (bicyclic) bond motifs is 1. The molecule has 1 aliphatic carbocycles. The van der Waals surface area contributed by atoms with E-state index in [1.165, 1.54) is 5.57 Å². The molecule has 2 nitrogen and oxygen atoms in total. The van der Waals surface area contributed by atoms with Crippen molar-refractivity contribution in [1.82, 2.24) is 0 Å². The molecular weight excluding hydrogens is 200 g/mol. The summed E-state index contributed by atoms with van der Waals surface area (Å²) in [6, 6.07) is 0. The van der Waals surface area contributed by atoms with Gasteiger partial charge < -0.3 is 4.74 Å². The highest BCUT2D eigenvalue weighted by Crippen LogP contribution is 2.50. The first-order valence-electron chi connectivity index (χ1n) is 5.95. The van der Waals surface area contributed by atoms with Gasteiger partial charge in [-0.15, -0.1) is 6.58 Å². The summed E-state index contributed by atoms with van der Waals surface area (Å²) in [6.45, 7) is 12.3. The van der Waals surface area contributed by atoms with Crippen LogP contribution in [0.1, 0.15) is 33.1 Å². The van der Waals surface area contributed by atoms with E-state index < -0.39 is 0 Å². The van der Waals surface area contributed by atoms with Gasteiger partial charge in [0, 0.05) is 5.92 Å². The minimum atomic E-state index is -0.0382. The third kappa shape index (κ3) is 1.70. The number of allylic oxidation sites excluding steroid dienone is 2. The van der Waals surface area contributed by atoms with Crippen molar-refractivity contribution in [3.8, 4) is 0 Å². The maximum Gasteiger partial charge on any atom is 0.306 e. The fourth-order valence-corrected chi connectivity index (χ4v) is 3.24. The van der Waals surface area contributed by atoms with E-state index in [9.17, 15) is 4.79 Å². The molecule has 0 radical (unpaired) electrons. The second-order valence-corrected chi connectivity index (χ2v) is 5.54. The summed E-state index contributed by atoms with van der Waals surface area (Å²) in [5, 5.41) is 0. The predicted molar refractivity (Wildman–Crippen MR) is 63.8 cm³/mol. The van der Waals surface area contributed by atoms with Crippen molar-refractivity contribution in [2.45, 2.75) is 39.2 Å². The highest BCUT2D eigenvalue weighted by atomic mass is 16.5. The number of hydrogen-bond acceptors (Lipinski definition) is 2. The average molecular weight is 220 g/mol. The monoisotopic (exact) mass is 220 g/mol. The number of ether oxygens (including phenoxy) is 1. The molecular formula is C14H20O2. The lowest BCUT2D eigenvalue weighted by Gasteiger charge is -2.44. The first kappa shape index (κ1) is 11.4. The smallest absolute Gasteiger partial charge is 0.306 e. The topological polar surface area (TPSA) is 26.3 Å². The first-order chi connectivity index (χ1) is 7.46. The van der Waals surface area contributed by atoms with Crippen LogP contribution in [0.4, 0.5) is 0 Å². The predicted octanol–water partition coefficient (Wildman–Crippen LogP) is 3.10. The molecule has 1 aliphatic heterocycles. The summed E-state index contributed by atoms with van der Waals surface area (Å²) in [7, 11) is 0. The lowest BCUT2D eigenvalue weighted by Crippen LogP contribution is -2.39. The molecule has 0 aromatic carbocycles. The molecule has 2 fully saturated rings. The van der Waals surface area contributed by atoms with Crippen LogP contribution in [0.25, 0.3) is 0 Å². The average Bonchev–Trinajstić information content (AvgIpc) is 2.55. The Kier molecular flexibility index (Phi) is 2.69. The molecule has 0 aromatic heterocycles. The van der Waals surface area contributed by atoms with E-state index in [-0.39, 0.29) is 17.5 Å². The van der Waals surface area contributed by atoms with E-state index >= 15 is 0 Å². The molecule has 0 amide bonds. The van der Waals surface area contributed by atoms with Crippen molar-refractivity contribution in [3.63, 3.8) is 0 Å². The van der Waals surface area contributed by atoms with Crippen LogP contribution in [-0.4, -0.2) is 12.1 Å². The van der Waals surface area contributed by atoms with Gasteiger partial charge in [0.15, 0.2) is 0 Å². The van der Waals surface area contributed by atoms with E-state index in [0.717, 1.165) is 12.8 Å². The molecule has 4 atom stereocenters. The van der Waals surface area contributed by atoms with Gasteiger partial charge in [0.05, 0.1) is 6.42 Å². The Hall–Kier alpha value is -1.05. The van der Waals surface area contributed by atoms with E-state index in [0.29, 0.717) is 18.3 Å². The summed E-state index contributed by atoms with van der Waals surface area (Å²) in [5.74, 6) is 0.784. The van der Waals surface area contributed by atoms with Crippen molar-refractivity contribution in [2.24, 2.45) is 17.3 Å². The molecule has 0 N–H and O–H groups in total. The Morgan fingerprint density at radius 3 is 2.88 bits per heavy atom. The Balaban J connectivity index is 2.24. The summed E-state index contributed by atoms with van der Waals surface area (Å²) in [6.07, 6.45) is 4.60. The lowest BCUT2D eigenvalue weighted by molar-refractivity contribution is -0.143. The second kappa shape index (κ2) is 3.76. The summed E-state index contributed by atoms with van der Waals surface area (Å²) in [5.41, 5.74) is 1.22. The van der Waals surface area contributed by atoms with Gasteiger partial charge in [0.1, 0.15) is 6.10 Å². The van der Waals surface area contributed by atoms with E-state index in [2.05, 4.69) is 27.0 Å². The molecule has 0 unspecified atom stereocenters. The van der Waals surface area contributed by atoms with Crippen LogP contribution in [0.15, 0.2) is 24.8 Å². The fourth-order valence-electron chi connectivity index (χ4n) is 3.24. The first-order valence-corrected chi connectivity index (χ1v) is 5.95. The maximum atomic E-state index is 11.3. The number of carbonyl (C=O) groups is 1. The Bertz CT molecular complexity index is 345. The van der Waals surface area contributed by atoms with Gasteiger partial charge in [-0.2, -0.15) is 0 Å². The fraction of sp³-hybridized carbons (Fsp3) is 0.643. The zero-order chi connectivity index (χ0) is 11.9. The SMILES string of the molecule is C=C[C@]1(C)C[C@H]2OC(=O)C[C@H]2C[C@H]1C(=C)C. The molecule has 1 heterocycles. The van der Waals surface area contributed by atoms with Crippen molar-refractivity contribution in [2.75, 3.05) is 0 Å². The molecule has 16 heavy (non-hydrogen) atoms. The van der Waals surface area contributed by atoms with E-state index in [1.807, 2.05) is 6.08 Å². The van der Waals surface area contributed by atoms with Gasteiger partial charge in [-0.3, -0.25) is 4.79 Å². The minimum absolute atomic E-state index is 0.0254. The van der Waals surface area contributed by atoms with Crippen molar-refractivity contribution in [1.29, 1.82) is 0 Å². The Labute approximate surface area is 97.4 Å². The van der Waals surface area contributed by atoms with Crippen LogP contribution in [-0.2, 0) is 9.53 Å². The number of carbonyl (C=O) groups excluding carboxylic acids is 1. The normalized spacial score (nSPS) is 42.4. The van der Waals surface area contributed by atoms with Crippen molar-refractivity contribution >= 4 is 5.97 Å². The lowest BCUT2D eigenvalue weighted by atomic mass is 9.61.